The lowest BCUT2D eigenvalue weighted by Crippen LogP contribution is -2.65. The fraction of sp³-hybridized carbons (Fsp3) is 0.429. The largest absolute Gasteiger partial charge is 0.522 e. The fourth-order valence-electron chi connectivity index (χ4n) is 3.94. The predicted molar refractivity (Wildman–Crippen MR) is 105 cm³/mol. The van der Waals surface area contributed by atoms with Crippen LogP contribution < -0.4 is 4.74 Å². The normalized spacial score (nSPS) is 23.1. The van der Waals surface area contributed by atoms with Crippen LogP contribution in [0.4, 0.5) is 13.2 Å². The van der Waals surface area contributed by atoms with Crippen molar-refractivity contribution in [2.45, 2.75) is 24.3 Å². The number of piperidine rings is 1. The number of likely N-dealkylation sites (tertiary alicyclic amines) is 1. The van der Waals surface area contributed by atoms with Crippen molar-refractivity contribution in [3.05, 3.63) is 58.9 Å². The standard InChI is InChI=1S/C21H20ClF3N2O4/c22-15-11-14(4-5-16(15)29-9-10-31-21(23,24)25)19(28)27-8-6-20(13-30-18(20)12-27)17-3-1-2-7-26-17/h1-5,7,11,18H,6,8-10,12-13H2. The van der Waals surface area contributed by atoms with Crippen LogP contribution in [0.3, 0.4) is 0 Å². The van der Waals surface area contributed by atoms with E-state index in [1.807, 2.05) is 18.2 Å². The summed E-state index contributed by atoms with van der Waals surface area (Å²) in [6.07, 6.45) is -2.32. The van der Waals surface area contributed by atoms with Crippen molar-refractivity contribution >= 4 is 17.5 Å². The summed E-state index contributed by atoms with van der Waals surface area (Å²) in [7, 11) is 0. The van der Waals surface area contributed by atoms with E-state index >= 15 is 0 Å². The van der Waals surface area contributed by atoms with Crippen LogP contribution in [-0.4, -0.2) is 61.2 Å². The van der Waals surface area contributed by atoms with Crippen LogP contribution in [0.1, 0.15) is 22.5 Å². The van der Waals surface area contributed by atoms with Crippen LogP contribution in [0.25, 0.3) is 0 Å². The maximum Gasteiger partial charge on any atom is 0.522 e. The molecule has 2 aliphatic heterocycles. The second-order valence-corrected chi connectivity index (χ2v) is 7.87. The highest BCUT2D eigenvalue weighted by Crippen LogP contribution is 2.44. The van der Waals surface area contributed by atoms with Gasteiger partial charge in [0, 0.05) is 24.8 Å². The van der Waals surface area contributed by atoms with Crippen LogP contribution in [0, 0.1) is 0 Å². The lowest BCUT2D eigenvalue weighted by molar-refractivity contribution is -0.325. The molecule has 1 aromatic carbocycles. The summed E-state index contributed by atoms with van der Waals surface area (Å²) in [6, 6.07) is 10.3. The number of carbonyl (C=O) groups excluding carboxylic acids is 1. The molecule has 0 bridgehead atoms. The smallest absolute Gasteiger partial charge is 0.490 e. The van der Waals surface area contributed by atoms with Crippen molar-refractivity contribution in [2.75, 3.05) is 32.9 Å². The minimum absolute atomic E-state index is 0.119. The van der Waals surface area contributed by atoms with Crippen molar-refractivity contribution in [2.24, 2.45) is 0 Å². The number of aromatic nitrogens is 1. The molecule has 6 nitrogen and oxygen atoms in total. The highest BCUT2D eigenvalue weighted by Gasteiger charge is 2.54. The Morgan fingerprint density at radius 2 is 2.13 bits per heavy atom. The average molecular weight is 457 g/mol. The third-order valence-corrected chi connectivity index (χ3v) is 5.92. The number of hydrogen-bond acceptors (Lipinski definition) is 5. The number of hydrogen-bond donors (Lipinski definition) is 0. The Morgan fingerprint density at radius 3 is 2.74 bits per heavy atom. The zero-order valence-corrected chi connectivity index (χ0v) is 17.2. The average Bonchev–Trinajstić information content (AvgIpc) is 2.72. The van der Waals surface area contributed by atoms with Gasteiger partial charge in [0.05, 0.1) is 35.4 Å². The molecule has 3 heterocycles. The molecule has 0 radical (unpaired) electrons. The molecule has 2 aromatic rings. The molecule has 2 aliphatic rings. The Hall–Kier alpha value is -2.36. The summed E-state index contributed by atoms with van der Waals surface area (Å²) in [6.45, 7) is 0.605. The molecule has 166 valence electrons. The maximum absolute atomic E-state index is 13.0. The summed E-state index contributed by atoms with van der Waals surface area (Å²) in [5, 5.41) is 0.137. The van der Waals surface area contributed by atoms with Crippen molar-refractivity contribution < 1.29 is 32.2 Å². The van der Waals surface area contributed by atoms with Crippen molar-refractivity contribution in [1.29, 1.82) is 0 Å². The van der Waals surface area contributed by atoms with E-state index in [0.717, 1.165) is 12.1 Å². The number of fused-ring (bicyclic) bond motifs is 1. The van der Waals surface area contributed by atoms with E-state index in [4.69, 9.17) is 21.1 Å². The minimum Gasteiger partial charge on any atom is -0.490 e. The van der Waals surface area contributed by atoms with E-state index in [2.05, 4.69) is 9.72 Å². The van der Waals surface area contributed by atoms with E-state index < -0.39 is 13.0 Å². The van der Waals surface area contributed by atoms with Gasteiger partial charge in [-0.2, -0.15) is 0 Å². The van der Waals surface area contributed by atoms with Gasteiger partial charge in [-0.3, -0.25) is 14.5 Å². The summed E-state index contributed by atoms with van der Waals surface area (Å²) in [5.74, 6) is -0.0156. The molecule has 2 fully saturated rings. The van der Waals surface area contributed by atoms with Gasteiger partial charge in [-0.05, 0) is 36.8 Å². The summed E-state index contributed by atoms with van der Waals surface area (Å²) in [5.41, 5.74) is 1.19. The quantitative estimate of drug-likeness (QED) is 0.618. The predicted octanol–water partition coefficient (Wildman–Crippen LogP) is 3.83. The van der Waals surface area contributed by atoms with Gasteiger partial charge in [0.2, 0.25) is 0 Å². The summed E-state index contributed by atoms with van der Waals surface area (Å²) >= 11 is 6.15. The molecule has 2 atom stereocenters. The molecular formula is C21H20ClF3N2O4. The lowest BCUT2D eigenvalue weighted by atomic mass is 9.70. The highest BCUT2D eigenvalue weighted by molar-refractivity contribution is 6.32. The third-order valence-electron chi connectivity index (χ3n) is 5.62. The molecule has 4 rings (SSSR count). The molecule has 2 saturated heterocycles. The maximum atomic E-state index is 13.0. The SMILES string of the molecule is O=C(c1ccc(OCCOC(F)(F)F)c(Cl)c1)N1CCC2(c3ccccn3)COC2C1. The topological polar surface area (TPSA) is 60.9 Å². The van der Waals surface area contributed by atoms with Crippen LogP contribution in [0.2, 0.25) is 5.02 Å². The molecule has 0 saturated carbocycles. The minimum atomic E-state index is -4.71. The number of rotatable bonds is 6. The monoisotopic (exact) mass is 456 g/mol. The number of ether oxygens (including phenoxy) is 3. The first kappa shape index (κ1) is 21.9. The Kier molecular flexibility index (Phi) is 6.09. The first-order valence-corrected chi connectivity index (χ1v) is 10.1. The zero-order valence-electron chi connectivity index (χ0n) is 16.4. The van der Waals surface area contributed by atoms with Crippen LogP contribution in [0.15, 0.2) is 42.6 Å². The van der Waals surface area contributed by atoms with Gasteiger partial charge in [-0.1, -0.05) is 17.7 Å². The molecular weight excluding hydrogens is 437 g/mol. The molecule has 1 amide bonds. The molecule has 2 unspecified atom stereocenters. The molecule has 31 heavy (non-hydrogen) atoms. The second kappa shape index (κ2) is 8.64. The Morgan fingerprint density at radius 1 is 1.29 bits per heavy atom. The first-order chi connectivity index (χ1) is 14.8. The Labute approximate surface area is 181 Å². The molecule has 1 aromatic heterocycles. The van der Waals surface area contributed by atoms with Gasteiger partial charge in [0.15, 0.2) is 0 Å². The van der Waals surface area contributed by atoms with Crippen LogP contribution in [-0.2, 0) is 14.9 Å². The van der Waals surface area contributed by atoms with Gasteiger partial charge in [0.1, 0.15) is 12.4 Å². The number of alkyl halides is 3. The Bertz CT molecular complexity index is 944. The number of amides is 1. The van der Waals surface area contributed by atoms with E-state index in [9.17, 15) is 18.0 Å². The van der Waals surface area contributed by atoms with Gasteiger partial charge >= 0.3 is 6.36 Å². The van der Waals surface area contributed by atoms with Gasteiger partial charge < -0.3 is 14.4 Å². The van der Waals surface area contributed by atoms with Gasteiger partial charge in [-0.15, -0.1) is 13.2 Å². The number of benzene rings is 1. The van der Waals surface area contributed by atoms with Crippen LogP contribution >= 0.6 is 11.6 Å². The number of carbonyl (C=O) groups is 1. The number of pyridine rings is 1. The third kappa shape index (κ3) is 4.63. The van der Waals surface area contributed by atoms with Crippen LogP contribution in [0.5, 0.6) is 5.75 Å². The van der Waals surface area contributed by atoms with E-state index in [0.29, 0.717) is 25.3 Å². The van der Waals surface area contributed by atoms with E-state index in [1.54, 1.807) is 11.1 Å². The van der Waals surface area contributed by atoms with Gasteiger partial charge in [-0.25, -0.2) is 0 Å². The fourth-order valence-corrected chi connectivity index (χ4v) is 4.18. The summed E-state index contributed by atoms with van der Waals surface area (Å²) in [4.78, 5) is 19.2. The molecule has 0 aliphatic carbocycles. The molecule has 10 heteroatoms. The van der Waals surface area contributed by atoms with Crippen molar-refractivity contribution in [3.63, 3.8) is 0 Å². The molecule has 0 N–H and O–H groups in total. The number of halogens is 4. The zero-order chi connectivity index (χ0) is 22.1. The molecule has 0 spiro atoms. The second-order valence-electron chi connectivity index (χ2n) is 7.46. The Balaban J connectivity index is 1.36. The lowest BCUT2D eigenvalue weighted by Gasteiger charge is -2.54. The summed E-state index contributed by atoms with van der Waals surface area (Å²) < 4.78 is 50.6. The number of nitrogens with zero attached hydrogens (tertiary/aromatic N) is 2. The first-order valence-electron chi connectivity index (χ1n) is 9.74. The van der Waals surface area contributed by atoms with E-state index in [1.165, 1.54) is 18.2 Å². The van der Waals surface area contributed by atoms with Gasteiger partial charge in [0.25, 0.3) is 5.91 Å². The van der Waals surface area contributed by atoms with Crippen molar-refractivity contribution in [3.8, 4) is 5.75 Å². The van der Waals surface area contributed by atoms with Crippen molar-refractivity contribution in [1.82, 2.24) is 9.88 Å². The highest BCUT2D eigenvalue weighted by atomic mass is 35.5. The van der Waals surface area contributed by atoms with E-state index in [-0.39, 0.29) is 34.8 Å².